The lowest BCUT2D eigenvalue weighted by atomic mass is 9.68. The molecule has 17 heavy (non-hydrogen) atoms. The van der Waals surface area contributed by atoms with E-state index in [0.29, 0.717) is 6.54 Å². The van der Waals surface area contributed by atoms with E-state index in [-0.39, 0.29) is 5.41 Å². The minimum atomic E-state index is -0.471. The van der Waals surface area contributed by atoms with Crippen LogP contribution >= 0.6 is 0 Å². The first kappa shape index (κ1) is 12.6. The Bertz CT molecular complexity index is 380. The Hall–Kier alpha value is -0.870. The molecule has 3 N–H and O–H groups in total. The van der Waals surface area contributed by atoms with Gasteiger partial charge in [-0.1, -0.05) is 19.3 Å². The summed E-state index contributed by atoms with van der Waals surface area (Å²) < 4.78 is 1.76. The van der Waals surface area contributed by atoms with Gasteiger partial charge in [0.05, 0.1) is 11.8 Å². The highest BCUT2D eigenvalue weighted by molar-refractivity contribution is 5.21. The molecular formula is C13H23N3O. The highest BCUT2D eigenvalue weighted by atomic mass is 16.3. The van der Waals surface area contributed by atoms with Gasteiger partial charge in [-0.2, -0.15) is 5.10 Å². The van der Waals surface area contributed by atoms with Crippen molar-refractivity contribution in [1.82, 2.24) is 9.78 Å². The molecular weight excluding hydrogens is 214 g/mol. The second-order valence-electron chi connectivity index (χ2n) is 5.37. The Labute approximate surface area is 103 Å². The van der Waals surface area contributed by atoms with Crippen molar-refractivity contribution < 1.29 is 5.11 Å². The molecule has 0 bridgehead atoms. The highest BCUT2D eigenvalue weighted by Crippen LogP contribution is 2.45. The summed E-state index contributed by atoms with van der Waals surface area (Å²) in [5.74, 6) is 0. The van der Waals surface area contributed by atoms with Gasteiger partial charge in [0.25, 0.3) is 0 Å². The van der Waals surface area contributed by atoms with Gasteiger partial charge in [0, 0.05) is 30.8 Å². The van der Waals surface area contributed by atoms with Crippen LogP contribution in [-0.2, 0) is 7.05 Å². The van der Waals surface area contributed by atoms with Gasteiger partial charge in [0.1, 0.15) is 0 Å². The van der Waals surface area contributed by atoms with Gasteiger partial charge in [-0.15, -0.1) is 0 Å². The summed E-state index contributed by atoms with van der Waals surface area (Å²) >= 11 is 0. The minimum absolute atomic E-state index is 0.133. The second-order valence-corrected chi connectivity index (χ2v) is 5.37. The summed E-state index contributed by atoms with van der Waals surface area (Å²) in [6.45, 7) is 2.51. The predicted molar refractivity (Wildman–Crippen MR) is 67.5 cm³/mol. The van der Waals surface area contributed by atoms with Gasteiger partial charge in [0.15, 0.2) is 0 Å². The van der Waals surface area contributed by atoms with Crippen LogP contribution < -0.4 is 5.73 Å². The Morgan fingerprint density at radius 3 is 2.59 bits per heavy atom. The van der Waals surface area contributed by atoms with E-state index < -0.39 is 6.10 Å². The molecule has 1 unspecified atom stereocenters. The predicted octanol–water partition coefficient (Wildman–Crippen LogP) is 1.67. The maximum absolute atomic E-state index is 10.7. The van der Waals surface area contributed by atoms with Gasteiger partial charge < -0.3 is 10.8 Å². The molecule has 4 heteroatoms. The molecule has 0 aromatic carbocycles. The fraction of sp³-hybridized carbons (Fsp3) is 0.769. The Balaban J connectivity index is 2.27. The normalized spacial score (nSPS) is 21.4. The molecule has 0 amide bonds. The number of nitrogens with two attached hydrogens (primary N) is 1. The lowest BCUT2D eigenvalue weighted by molar-refractivity contribution is 0.000265. The van der Waals surface area contributed by atoms with Crippen LogP contribution in [0.3, 0.4) is 0 Å². The second kappa shape index (κ2) is 4.78. The average molecular weight is 237 g/mol. The summed E-state index contributed by atoms with van der Waals surface area (Å²) in [7, 11) is 1.89. The van der Waals surface area contributed by atoms with Crippen LogP contribution in [0.1, 0.15) is 49.5 Å². The zero-order chi connectivity index (χ0) is 12.5. The number of aliphatic hydroxyl groups is 1. The summed E-state index contributed by atoms with van der Waals surface area (Å²) in [4.78, 5) is 0. The molecule has 0 saturated heterocycles. The first-order valence-corrected chi connectivity index (χ1v) is 6.47. The fourth-order valence-corrected chi connectivity index (χ4v) is 3.06. The minimum Gasteiger partial charge on any atom is -0.388 e. The number of aryl methyl sites for hydroxylation is 2. The number of rotatable bonds is 3. The third-order valence-corrected chi connectivity index (χ3v) is 4.18. The average Bonchev–Trinajstić information content (AvgIpc) is 2.68. The quantitative estimate of drug-likeness (QED) is 0.840. The highest BCUT2D eigenvalue weighted by Gasteiger charge is 2.39. The number of hydrogen-bond donors (Lipinski definition) is 2. The van der Waals surface area contributed by atoms with E-state index in [1.807, 2.05) is 20.2 Å². The Kier molecular flexibility index (Phi) is 3.54. The van der Waals surface area contributed by atoms with Crippen molar-refractivity contribution in [2.75, 3.05) is 6.54 Å². The van der Waals surface area contributed by atoms with E-state index in [4.69, 9.17) is 5.73 Å². The standard InChI is InChI=1S/C13H23N3O/c1-10-11(8-16(2)15-10)12(17)13(9-14)6-4-3-5-7-13/h8,12,17H,3-7,9,14H2,1-2H3. The Morgan fingerprint density at radius 2 is 2.12 bits per heavy atom. The lowest BCUT2D eigenvalue weighted by Crippen LogP contribution is -2.38. The van der Waals surface area contributed by atoms with Gasteiger partial charge in [-0.05, 0) is 19.8 Å². The van der Waals surface area contributed by atoms with Crippen LogP contribution in [0.15, 0.2) is 6.20 Å². The molecule has 1 fully saturated rings. The summed E-state index contributed by atoms with van der Waals surface area (Å²) in [6, 6.07) is 0. The molecule has 1 atom stereocenters. The van der Waals surface area contributed by atoms with Gasteiger partial charge >= 0.3 is 0 Å². The number of aromatic nitrogens is 2. The number of nitrogens with zero attached hydrogens (tertiary/aromatic N) is 2. The van der Waals surface area contributed by atoms with E-state index in [1.165, 1.54) is 19.3 Å². The molecule has 1 aliphatic rings. The molecule has 1 saturated carbocycles. The third-order valence-electron chi connectivity index (χ3n) is 4.18. The monoisotopic (exact) mass is 237 g/mol. The molecule has 0 spiro atoms. The van der Waals surface area contributed by atoms with Crippen LogP contribution in [0.5, 0.6) is 0 Å². The summed E-state index contributed by atoms with van der Waals surface area (Å²) in [5, 5.41) is 15.0. The van der Waals surface area contributed by atoms with Crippen molar-refractivity contribution in [2.45, 2.75) is 45.1 Å². The van der Waals surface area contributed by atoms with E-state index in [9.17, 15) is 5.11 Å². The molecule has 0 radical (unpaired) electrons. The van der Waals surface area contributed by atoms with E-state index >= 15 is 0 Å². The molecule has 0 aliphatic heterocycles. The van der Waals surface area contributed by atoms with E-state index in [2.05, 4.69) is 5.10 Å². The summed E-state index contributed by atoms with van der Waals surface area (Å²) in [6.07, 6.45) is 7.12. The van der Waals surface area contributed by atoms with E-state index in [1.54, 1.807) is 4.68 Å². The number of hydrogen-bond acceptors (Lipinski definition) is 3. The van der Waals surface area contributed by atoms with Crippen LogP contribution in [0, 0.1) is 12.3 Å². The third kappa shape index (κ3) is 2.24. The molecule has 4 nitrogen and oxygen atoms in total. The first-order valence-electron chi connectivity index (χ1n) is 6.47. The van der Waals surface area contributed by atoms with E-state index in [0.717, 1.165) is 24.1 Å². The van der Waals surface area contributed by atoms with Crippen molar-refractivity contribution in [2.24, 2.45) is 18.2 Å². The van der Waals surface area contributed by atoms with Crippen molar-refractivity contribution in [3.05, 3.63) is 17.5 Å². The Morgan fingerprint density at radius 1 is 1.47 bits per heavy atom. The van der Waals surface area contributed by atoms with Crippen LogP contribution in [-0.4, -0.2) is 21.4 Å². The van der Waals surface area contributed by atoms with Crippen LogP contribution in [0.25, 0.3) is 0 Å². The van der Waals surface area contributed by atoms with Crippen LogP contribution in [0.4, 0.5) is 0 Å². The maximum Gasteiger partial charge on any atom is 0.0891 e. The maximum atomic E-state index is 10.7. The topological polar surface area (TPSA) is 64.1 Å². The fourth-order valence-electron chi connectivity index (χ4n) is 3.06. The van der Waals surface area contributed by atoms with Crippen molar-refractivity contribution in [3.8, 4) is 0 Å². The molecule has 1 aromatic heterocycles. The molecule has 1 aromatic rings. The lowest BCUT2D eigenvalue weighted by Gasteiger charge is -2.40. The smallest absolute Gasteiger partial charge is 0.0891 e. The zero-order valence-electron chi connectivity index (χ0n) is 10.8. The van der Waals surface area contributed by atoms with Crippen molar-refractivity contribution >= 4 is 0 Å². The summed E-state index contributed by atoms with van der Waals surface area (Å²) in [5.41, 5.74) is 7.67. The van der Waals surface area contributed by atoms with Crippen LogP contribution in [0.2, 0.25) is 0 Å². The first-order chi connectivity index (χ1) is 8.09. The SMILES string of the molecule is Cc1nn(C)cc1C(O)C1(CN)CCCCC1. The van der Waals surface area contributed by atoms with Crippen molar-refractivity contribution in [1.29, 1.82) is 0 Å². The van der Waals surface area contributed by atoms with Gasteiger partial charge in [-0.3, -0.25) is 4.68 Å². The molecule has 2 rings (SSSR count). The molecule has 1 aliphatic carbocycles. The number of aliphatic hydroxyl groups excluding tert-OH is 1. The zero-order valence-corrected chi connectivity index (χ0v) is 10.8. The van der Waals surface area contributed by atoms with Gasteiger partial charge in [-0.25, -0.2) is 0 Å². The van der Waals surface area contributed by atoms with Gasteiger partial charge in [0.2, 0.25) is 0 Å². The molecule has 1 heterocycles. The van der Waals surface area contributed by atoms with Crippen molar-refractivity contribution in [3.63, 3.8) is 0 Å². The molecule has 96 valence electrons. The largest absolute Gasteiger partial charge is 0.388 e.